The second kappa shape index (κ2) is 8.08. The summed E-state index contributed by atoms with van der Waals surface area (Å²) in [7, 11) is 0. The average Bonchev–Trinajstić information content (AvgIpc) is 2.68. The maximum absolute atomic E-state index is 13.4. The Morgan fingerprint density at radius 2 is 1.67 bits per heavy atom. The van der Waals surface area contributed by atoms with E-state index < -0.39 is 5.97 Å². The van der Waals surface area contributed by atoms with Gasteiger partial charge in [-0.15, -0.1) is 0 Å². The summed E-state index contributed by atoms with van der Waals surface area (Å²) in [6, 6.07) is 15.5. The molecule has 0 fully saturated rings. The van der Waals surface area contributed by atoms with Crippen molar-refractivity contribution in [2.24, 2.45) is 0 Å². The van der Waals surface area contributed by atoms with Crippen molar-refractivity contribution in [3.05, 3.63) is 71.7 Å². The van der Waals surface area contributed by atoms with Gasteiger partial charge in [-0.05, 0) is 37.1 Å². The normalized spacial score (nSPS) is 10.9. The fourth-order valence-electron chi connectivity index (χ4n) is 2.83. The van der Waals surface area contributed by atoms with Crippen molar-refractivity contribution in [2.45, 2.75) is 26.7 Å². The molecule has 0 atom stereocenters. The highest BCUT2D eigenvalue weighted by atomic mass is 19.1. The van der Waals surface area contributed by atoms with Crippen LogP contribution in [0.5, 0.6) is 0 Å². The van der Waals surface area contributed by atoms with Crippen LogP contribution < -0.4 is 0 Å². The smallest absolute Gasteiger partial charge is 0.342 e. The first-order valence-corrected chi connectivity index (χ1v) is 8.91. The van der Waals surface area contributed by atoms with Gasteiger partial charge in [-0.1, -0.05) is 44.2 Å². The highest BCUT2D eigenvalue weighted by molar-refractivity contribution is 5.97. The third-order valence-electron chi connectivity index (χ3n) is 4.11. The van der Waals surface area contributed by atoms with E-state index >= 15 is 0 Å². The monoisotopic (exact) mass is 364 g/mol. The molecular weight excluding hydrogens is 343 g/mol. The van der Waals surface area contributed by atoms with E-state index in [2.05, 4.69) is 9.97 Å². The van der Waals surface area contributed by atoms with Crippen LogP contribution in [0.3, 0.4) is 0 Å². The molecule has 0 bridgehead atoms. The second-order valence-corrected chi connectivity index (χ2v) is 6.40. The Morgan fingerprint density at radius 3 is 2.26 bits per heavy atom. The summed E-state index contributed by atoms with van der Waals surface area (Å²) in [4.78, 5) is 22.0. The molecule has 138 valence electrons. The van der Waals surface area contributed by atoms with Crippen LogP contribution in [0, 0.1) is 5.82 Å². The number of hydrogen-bond donors (Lipinski definition) is 0. The zero-order valence-corrected chi connectivity index (χ0v) is 15.6. The molecule has 1 aromatic heterocycles. The van der Waals surface area contributed by atoms with Gasteiger partial charge in [0.1, 0.15) is 11.4 Å². The summed E-state index contributed by atoms with van der Waals surface area (Å²) in [6.45, 7) is 5.94. The van der Waals surface area contributed by atoms with E-state index in [1.165, 1.54) is 12.1 Å². The summed E-state index contributed by atoms with van der Waals surface area (Å²) >= 11 is 0. The predicted octanol–water partition coefficient (Wildman–Crippen LogP) is 5.25. The Kier molecular flexibility index (Phi) is 5.60. The number of benzene rings is 2. The van der Waals surface area contributed by atoms with Gasteiger partial charge in [-0.3, -0.25) is 0 Å². The van der Waals surface area contributed by atoms with E-state index in [1.807, 2.05) is 44.2 Å². The standard InChI is InChI=1S/C22H21FN2O2/c1-4-27-22(26)18-19(14(2)3)24-21(16-8-6-5-7-9-16)25-20(18)15-10-12-17(23)13-11-15/h5-14H,4H2,1-3H3. The first-order chi connectivity index (χ1) is 13.0. The molecule has 0 saturated carbocycles. The molecule has 3 aromatic rings. The van der Waals surface area contributed by atoms with Crippen molar-refractivity contribution >= 4 is 5.97 Å². The molecule has 0 aliphatic heterocycles. The average molecular weight is 364 g/mol. The van der Waals surface area contributed by atoms with Gasteiger partial charge in [-0.25, -0.2) is 19.2 Å². The molecule has 0 aliphatic carbocycles. The largest absolute Gasteiger partial charge is 0.462 e. The Hall–Kier alpha value is -3.08. The van der Waals surface area contributed by atoms with Crippen molar-refractivity contribution in [2.75, 3.05) is 6.61 Å². The van der Waals surface area contributed by atoms with Gasteiger partial charge in [0.15, 0.2) is 5.82 Å². The molecule has 2 aromatic carbocycles. The quantitative estimate of drug-likeness (QED) is 0.580. The lowest BCUT2D eigenvalue weighted by Gasteiger charge is -2.17. The third kappa shape index (κ3) is 4.03. The molecule has 0 N–H and O–H groups in total. The van der Waals surface area contributed by atoms with Crippen LogP contribution >= 0.6 is 0 Å². The first kappa shape index (κ1) is 18.7. The molecule has 3 rings (SSSR count). The number of rotatable bonds is 5. The number of ether oxygens (including phenoxy) is 1. The van der Waals surface area contributed by atoms with Gasteiger partial charge in [0, 0.05) is 11.1 Å². The fourth-order valence-corrected chi connectivity index (χ4v) is 2.83. The lowest BCUT2D eigenvalue weighted by molar-refractivity contribution is 0.0524. The van der Waals surface area contributed by atoms with Crippen LogP contribution in [0.2, 0.25) is 0 Å². The maximum Gasteiger partial charge on any atom is 0.342 e. The minimum absolute atomic E-state index is 0.0194. The van der Waals surface area contributed by atoms with Crippen LogP contribution in [-0.2, 0) is 4.74 Å². The molecule has 4 nitrogen and oxygen atoms in total. The number of esters is 1. The zero-order valence-electron chi connectivity index (χ0n) is 15.6. The van der Waals surface area contributed by atoms with Gasteiger partial charge in [0.05, 0.1) is 18.0 Å². The molecule has 0 spiro atoms. The molecular formula is C22H21FN2O2. The van der Waals surface area contributed by atoms with Gasteiger partial charge >= 0.3 is 5.97 Å². The van der Waals surface area contributed by atoms with Gasteiger partial charge in [0.2, 0.25) is 0 Å². The van der Waals surface area contributed by atoms with E-state index in [4.69, 9.17) is 4.74 Å². The summed E-state index contributed by atoms with van der Waals surface area (Å²) in [5.41, 5.74) is 2.88. The summed E-state index contributed by atoms with van der Waals surface area (Å²) in [5.74, 6) is -0.321. The summed E-state index contributed by atoms with van der Waals surface area (Å²) < 4.78 is 18.7. The van der Waals surface area contributed by atoms with Gasteiger partial charge in [-0.2, -0.15) is 0 Å². The van der Waals surface area contributed by atoms with E-state index in [9.17, 15) is 9.18 Å². The zero-order chi connectivity index (χ0) is 19.4. The van der Waals surface area contributed by atoms with Crippen LogP contribution in [0.25, 0.3) is 22.6 Å². The molecule has 0 amide bonds. The summed E-state index contributed by atoms with van der Waals surface area (Å²) in [5, 5.41) is 0. The maximum atomic E-state index is 13.4. The fraction of sp³-hybridized carbons (Fsp3) is 0.227. The molecule has 0 unspecified atom stereocenters. The third-order valence-corrected chi connectivity index (χ3v) is 4.11. The Labute approximate surface area is 158 Å². The SMILES string of the molecule is CCOC(=O)c1c(-c2ccc(F)cc2)nc(-c2ccccc2)nc1C(C)C. The van der Waals surface area contributed by atoms with Crippen molar-refractivity contribution in [3.63, 3.8) is 0 Å². The van der Waals surface area contributed by atoms with E-state index in [0.717, 1.165) is 5.56 Å². The second-order valence-electron chi connectivity index (χ2n) is 6.40. The van der Waals surface area contributed by atoms with E-state index in [1.54, 1.807) is 19.1 Å². The molecule has 0 saturated heterocycles. The summed E-state index contributed by atoms with van der Waals surface area (Å²) in [6.07, 6.45) is 0. The topological polar surface area (TPSA) is 52.1 Å². The van der Waals surface area contributed by atoms with Gasteiger partial charge in [0.25, 0.3) is 0 Å². The Balaban J connectivity index is 2.30. The lowest BCUT2D eigenvalue weighted by atomic mass is 9.98. The van der Waals surface area contributed by atoms with Crippen molar-refractivity contribution in [1.82, 2.24) is 9.97 Å². The number of hydrogen-bond acceptors (Lipinski definition) is 4. The van der Waals surface area contributed by atoms with Crippen molar-refractivity contribution in [3.8, 4) is 22.6 Å². The van der Waals surface area contributed by atoms with Crippen molar-refractivity contribution < 1.29 is 13.9 Å². The molecule has 5 heteroatoms. The number of nitrogens with zero attached hydrogens (tertiary/aromatic N) is 2. The number of aromatic nitrogens is 2. The molecule has 0 radical (unpaired) electrons. The van der Waals surface area contributed by atoms with E-state index in [-0.39, 0.29) is 18.3 Å². The lowest BCUT2D eigenvalue weighted by Crippen LogP contribution is -2.15. The highest BCUT2D eigenvalue weighted by Gasteiger charge is 2.25. The van der Waals surface area contributed by atoms with Crippen molar-refractivity contribution in [1.29, 1.82) is 0 Å². The Bertz CT molecular complexity index is 939. The minimum Gasteiger partial charge on any atom is -0.462 e. The van der Waals surface area contributed by atoms with Crippen LogP contribution in [0.4, 0.5) is 4.39 Å². The van der Waals surface area contributed by atoms with Crippen LogP contribution in [0.1, 0.15) is 42.7 Å². The molecule has 27 heavy (non-hydrogen) atoms. The van der Waals surface area contributed by atoms with Gasteiger partial charge < -0.3 is 4.74 Å². The van der Waals surface area contributed by atoms with Crippen LogP contribution in [0.15, 0.2) is 54.6 Å². The minimum atomic E-state index is -0.472. The first-order valence-electron chi connectivity index (χ1n) is 8.91. The number of carbonyl (C=O) groups is 1. The Morgan fingerprint density at radius 1 is 1.00 bits per heavy atom. The number of carbonyl (C=O) groups excluding carboxylic acids is 1. The highest BCUT2D eigenvalue weighted by Crippen LogP contribution is 2.31. The van der Waals surface area contributed by atoms with Crippen LogP contribution in [-0.4, -0.2) is 22.5 Å². The number of halogens is 1. The van der Waals surface area contributed by atoms with E-state index in [0.29, 0.717) is 28.3 Å². The molecule has 0 aliphatic rings. The molecule has 1 heterocycles. The predicted molar refractivity (Wildman–Crippen MR) is 103 cm³/mol.